The second-order valence-electron chi connectivity index (χ2n) is 6.43. The molecule has 0 aromatic carbocycles. The molecule has 0 aromatic heterocycles. The molecule has 0 saturated carbocycles. The maximum atomic E-state index is 12.2. The lowest BCUT2D eigenvalue weighted by Gasteiger charge is -2.26. The first-order valence-corrected chi connectivity index (χ1v) is 9.58. The van der Waals surface area contributed by atoms with Crippen LogP contribution in [0.15, 0.2) is 0 Å². The third-order valence-electron chi connectivity index (χ3n) is 3.88. The Hall–Kier alpha value is -0.170. The first kappa shape index (κ1) is 20.8. The first-order valence-electron chi connectivity index (χ1n) is 8.14. The minimum Gasteiger partial charge on any atom is -0.317 e. The van der Waals surface area contributed by atoms with E-state index >= 15 is 0 Å². The molecule has 0 rings (SSSR count). The van der Waals surface area contributed by atoms with Crippen LogP contribution in [0.3, 0.4) is 0 Å². The fourth-order valence-corrected chi connectivity index (χ4v) is 3.39. The van der Waals surface area contributed by atoms with Gasteiger partial charge in [0.1, 0.15) is 0 Å². The van der Waals surface area contributed by atoms with Gasteiger partial charge >= 0.3 is 0 Å². The summed E-state index contributed by atoms with van der Waals surface area (Å²) in [5.41, 5.74) is 0. The van der Waals surface area contributed by atoms with Crippen molar-refractivity contribution < 1.29 is 8.42 Å². The van der Waals surface area contributed by atoms with Crippen LogP contribution >= 0.6 is 0 Å². The van der Waals surface area contributed by atoms with Gasteiger partial charge in [-0.15, -0.1) is 0 Å². The molecule has 0 saturated heterocycles. The molecule has 0 heterocycles. The van der Waals surface area contributed by atoms with Crippen LogP contribution in [0.1, 0.15) is 47.5 Å². The minimum absolute atomic E-state index is 0.361. The molecule has 5 nitrogen and oxygen atoms in total. The molecule has 0 atom stereocenters. The van der Waals surface area contributed by atoms with Crippen LogP contribution in [0.5, 0.6) is 0 Å². The van der Waals surface area contributed by atoms with E-state index in [4.69, 9.17) is 0 Å². The van der Waals surface area contributed by atoms with E-state index < -0.39 is 10.2 Å². The molecule has 0 fully saturated rings. The number of hydrogen-bond donors (Lipinski definition) is 2. The van der Waals surface area contributed by atoms with Crippen LogP contribution < -0.4 is 10.0 Å². The molecule has 0 amide bonds. The molecule has 0 aliphatic carbocycles. The molecular weight excluding hydrogens is 286 g/mol. The summed E-state index contributed by atoms with van der Waals surface area (Å²) >= 11 is 0. The van der Waals surface area contributed by atoms with Gasteiger partial charge < -0.3 is 5.32 Å². The number of nitrogens with zero attached hydrogens (tertiary/aromatic N) is 1. The Morgan fingerprint density at radius 3 is 2.10 bits per heavy atom. The van der Waals surface area contributed by atoms with Gasteiger partial charge in [-0.05, 0) is 43.7 Å². The highest BCUT2D eigenvalue weighted by atomic mass is 32.2. The van der Waals surface area contributed by atoms with Gasteiger partial charge in [0.25, 0.3) is 10.2 Å². The largest absolute Gasteiger partial charge is 0.317 e. The molecule has 6 heteroatoms. The molecule has 0 aliphatic rings. The maximum absolute atomic E-state index is 12.2. The van der Waals surface area contributed by atoms with Gasteiger partial charge in [0.2, 0.25) is 0 Å². The molecule has 128 valence electrons. The Balaban J connectivity index is 4.22. The predicted molar refractivity (Wildman–Crippen MR) is 90.5 cm³/mol. The average Bonchev–Trinajstić information content (AvgIpc) is 2.37. The van der Waals surface area contributed by atoms with Crippen molar-refractivity contribution in [2.75, 3.05) is 33.2 Å². The van der Waals surface area contributed by atoms with Gasteiger partial charge in [-0.25, -0.2) is 4.72 Å². The normalized spacial score (nSPS) is 13.0. The van der Waals surface area contributed by atoms with Crippen LogP contribution in [-0.2, 0) is 10.2 Å². The van der Waals surface area contributed by atoms with Crippen molar-refractivity contribution in [1.29, 1.82) is 0 Å². The highest BCUT2D eigenvalue weighted by Gasteiger charge is 2.22. The van der Waals surface area contributed by atoms with Crippen molar-refractivity contribution in [3.05, 3.63) is 0 Å². The van der Waals surface area contributed by atoms with Crippen molar-refractivity contribution >= 4 is 10.2 Å². The third-order valence-corrected chi connectivity index (χ3v) is 5.41. The summed E-state index contributed by atoms with van der Waals surface area (Å²) in [6.45, 7) is 13.6. The van der Waals surface area contributed by atoms with Gasteiger partial charge in [0.15, 0.2) is 0 Å². The van der Waals surface area contributed by atoms with Crippen LogP contribution in [0, 0.1) is 17.8 Å². The molecule has 0 unspecified atom stereocenters. The summed E-state index contributed by atoms with van der Waals surface area (Å²) in [6, 6.07) is 0. The fourth-order valence-electron chi connectivity index (χ4n) is 2.40. The van der Waals surface area contributed by atoms with Gasteiger partial charge in [-0.3, -0.25) is 0 Å². The fraction of sp³-hybridized carbons (Fsp3) is 1.00. The quantitative estimate of drug-likeness (QED) is 0.541. The average molecular weight is 322 g/mol. The van der Waals surface area contributed by atoms with E-state index in [1.165, 1.54) is 4.31 Å². The lowest BCUT2D eigenvalue weighted by molar-refractivity contribution is 0.286. The van der Waals surface area contributed by atoms with E-state index in [2.05, 4.69) is 44.7 Å². The molecule has 0 aliphatic heterocycles. The highest BCUT2D eigenvalue weighted by molar-refractivity contribution is 7.87. The molecule has 0 spiro atoms. The second-order valence-corrected chi connectivity index (χ2v) is 8.29. The highest BCUT2D eigenvalue weighted by Crippen LogP contribution is 2.19. The SMILES string of the molecule is CCCNCCCN(C)S(=O)(=O)NCC(C(C)C)C(C)C. The Morgan fingerprint density at radius 2 is 1.62 bits per heavy atom. The summed E-state index contributed by atoms with van der Waals surface area (Å²) in [7, 11) is -1.72. The van der Waals surface area contributed by atoms with E-state index in [-0.39, 0.29) is 0 Å². The van der Waals surface area contributed by atoms with Crippen molar-refractivity contribution in [2.24, 2.45) is 17.8 Å². The monoisotopic (exact) mass is 321 g/mol. The van der Waals surface area contributed by atoms with Gasteiger partial charge in [0.05, 0.1) is 0 Å². The lowest BCUT2D eigenvalue weighted by Crippen LogP contribution is -2.42. The third kappa shape index (κ3) is 8.76. The zero-order valence-corrected chi connectivity index (χ0v) is 15.5. The zero-order valence-electron chi connectivity index (χ0n) is 14.6. The standard InChI is InChI=1S/C15H35N3O2S/c1-7-9-16-10-8-11-18(6)21(19,20)17-12-15(13(2)3)14(4)5/h13-17H,7-12H2,1-6H3. The van der Waals surface area contributed by atoms with Crippen molar-refractivity contribution in [1.82, 2.24) is 14.3 Å². The number of hydrogen-bond acceptors (Lipinski definition) is 3. The smallest absolute Gasteiger partial charge is 0.279 e. The Morgan fingerprint density at radius 1 is 1.05 bits per heavy atom. The molecule has 2 N–H and O–H groups in total. The van der Waals surface area contributed by atoms with Crippen LogP contribution in [-0.4, -0.2) is 45.9 Å². The Kier molecular flexibility index (Phi) is 10.5. The molecule has 21 heavy (non-hydrogen) atoms. The number of nitrogens with one attached hydrogen (secondary N) is 2. The van der Waals surface area contributed by atoms with Crippen molar-refractivity contribution in [3.8, 4) is 0 Å². The van der Waals surface area contributed by atoms with Crippen LogP contribution in [0.2, 0.25) is 0 Å². The Bertz CT molecular complexity index is 348. The van der Waals surface area contributed by atoms with E-state index in [1.807, 2.05) is 0 Å². The maximum Gasteiger partial charge on any atom is 0.279 e. The lowest BCUT2D eigenvalue weighted by atomic mass is 9.86. The second kappa shape index (κ2) is 10.5. The zero-order chi connectivity index (χ0) is 16.5. The molecule has 0 aromatic rings. The van der Waals surface area contributed by atoms with E-state index in [9.17, 15) is 8.42 Å². The van der Waals surface area contributed by atoms with E-state index in [0.717, 1.165) is 25.9 Å². The molecule has 0 bridgehead atoms. The topological polar surface area (TPSA) is 61.4 Å². The molecule has 0 radical (unpaired) electrons. The number of rotatable bonds is 12. The summed E-state index contributed by atoms with van der Waals surface area (Å²) < 4.78 is 28.6. The van der Waals surface area contributed by atoms with Crippen molar-refractivity contribution in [3.63, 3.8) is 0 Å². The summed E-state index contributed by atoms with van der Waals surface area (Å²) in [5, 5.41) is 3.28. The summed E-state index contributed by atoms with van der Waals surface area (Å²) in [6.07, 6.45) is 1.93. The van der Waals surface area contributed by atoms with Gasteiger partial charge in [-0.1, -0.05) is 34.6 Å². The summed E-state index contributed by atoms with van der Waals surface area (Å²) in [5.74, 6) is 1.30. The summed E-state index contributed by atoms with van der Waals surface area (Å²) in [4.78, 5) is 0. The van der Waals surface area contributed by atoms with Crippen molar-refractivity contribution in [2.45, 2.75) is 47.5 Å². The van der Waals surface area contributed by atoms with Gasteiger partial charge in [0, 0.05) is 20.1 Å². The van der Waals surface area contributed by atoms with Gasteiger partial charge in [-0.2, -0.15) is 12.7 Å². The van der Waals surface area contributed by atoms with E-state index in [1.54, 1.807) is 7.05 Å². The minimum atomic E-state index is -3.36. The first-order chi connectivity index (χ1) is 9.72. The van der Waals surface area contributed by atoms with Crippen LogP contribution in [0.25, 0.3) is 0 Å². The van der Waals surface area contributed by atoms with E-state index in [0.29, 0.717) is 30.8 Å². The van der Waals surface area contributed by atoms with Crippen LogP contribution in [0.4, 0.5) is 0 Å². The molecular formula is C15H35N3O2S. The predicted octanol–water partition coefficient (Wildman–Crippen LogP) is 2.07. The Labute approximate surface area is 132 Å².